The molecular weight excluding hydrogens is 254 g/mol. The fourth-order valence-corrected chi connectivity index (χ4v) is 1.94. The van der Waals surface area contributed by atoms with E-state index in [9.17, 15) is 4.79 Å². The molecular formula is C13H12ClNO3. The summed E-state index contributed by atoms with van der Waals surface area (Å²) < 4.78 is 5.23. The van der Waals surface area contributed by atoms with Gasteiger partial charge in [-0.2, -0.15) is 0 Å². The van der Waals surface area contributed by atoms with Crippen LogP contribution in [0.25, 0.3) is 0 Å². The van der Waals surface area contributed by atoms with Crippen LogP contribution in [0, 0.1) is 0 Å². The summed E-state index contributed by atoms with van der Waals surface area (Å²) in [6.45, 7) is 0.230. The molecule has 0 spiro atoms. The van der Waals surface area contributed by atoms with Crippen LogP contribution in [0.15, 0.2) is 47.1 Å². The number of para-hydroxylation sites is 1. The Morgan fingerprint density at radius 2 is 2.06 bits per heavy atom. The van der Waals surface area contributed by atoms with Gasteiger partial charge in [0.15, 0.2) is 0 Å². The first kappa shape index (κ1) is 12.5. The summed E-state index contributed by atoms with van der Waals surface area (Å²) in [6.07, 6.45) is 1.56. The van der Waals surface area contributed by atoms with E-state index < -0.39 is 5.97 Å². The largest absolute Gasteiger partial charge is 0.480 e. The molecule has 0 aliphatic heterocycles. The molecule has 1 aromatic heterocycles. The average molecular weight is 266 g/mol. The van der Waals surface area contributed by atoms with Crippen molar-refractivity contribution in [1.29, 1.82) is 0 Å². The second kappa shape index (κ2) is 5.60. The van der Waals surface area contributed by atoms with Crippen LogP contribution in [-0.4, -0.2) is 17.6 Å². The van der Waals surface area contributed by atoms with Crippen molar-refractivity contribution in [1.82, 2.24) is 0 Å². The Morgan fingerprint density at radius 3 is 2.67 bits per heavy atom. The lowest BCUT2D eigenvalue weighted by Gasteiger charge is -2.22. The van der Waals surface area contributed by atoms with Gasteiger partial charge < -0.3 is 14.4 Å². The number of aliphatic carboxylic acids is 1. The maximum absolute atomic E-state index is 10.9. The first-order valence-corrected chi connectivity index (χ1v) is 5.78. The Hall–Kier alpha value is -1.94. The number of hydrogen-bond acceptors (Lipinski definition) is 3. The quantitative estimate of drug-likeness (QED) is 0.903. The Labute approximate surface area is 109 Å². The molecule has 1 aromatic carbocycles. The van der Waals surface area contributed by atoms with Crippen LogP contribution in [0.3, 0.4) is 0 Å². The molecule has 0 unspecified atom stereocenters. The van der Waals surface area contributed by atoms with Gasteiger partial charge in [0.05, 0.1) is 23.5 Å². The Bertz CT molecular complexity index is 525. The maximum atomic E-state index is 10.9. The molecule has 4 nitrogen and oxygen atoms in total. The minimum absolute atomic E-state index is 0.134. The fourth-order valence-electron chi connectivity index (χ4n) is 1.69. The van der Waals surface area contributed by atoms with E-state index in [1.54, 1.807) is 41.5 Å². The number of carboxylic acids is 1. The van der Waals surface area contributed by atoms with E-state index in [2.05, 4.69) is 0 Å². The molecule has 0 saturated heterocycles. The van der Waals surface area contributed by atoms with Crippen molar-refractivity contribution >= 4 is 23.3 Å². The predicted molar refractivity (Wildman–Crippen MR) is 68.8 cm³/mol. The van der Waals surface area contributed by atoms with E-state index in [4.69, 9.17) is 21.1 Å². The number of hydrogen-bond donors (Lipinski definition) is 1. The molecule has 0 atom stereocenters. The van der Waals surface area contributed by atoms with Gasteiger partial charge in [-0.15, -0.1) is 0 Å². The normalized spacial score (nSPS) is 10.3. The molecule has 0 fully saturated rings. The Balaban J connectivity index is 2.25. The van der Waals surface area contributed by atoms with E-state index in [-0.39, 0.29) is 6.54 Å². The Kier molecular flexibility index (Phi) is 3.89. The average Bonchev–Trinajstić information content (AvgIpc) is 2.81. The van der Waals surface area contributed by atoms with E-state index >= 15 is 0 Å². The third kappa shape index (κ3) is 3.05. The molecule has 2 aromatic rings. The van der Waals surface area contributed by atoms with E-state index in [1.165, 1.54) is 0 Å². The second-order valence-corrected chi connectivity index (χ2v) is 4.19. The molecule has 1 N–H and O–H groups in total. The summed E-state index contributed by atoms with van der Waals surface area (Å²) in [5, 5.41) is 9.47. The third-order valence-electron chi connectivity index (χ3n) is 2.45. The summed E-state index contributed by atoms with van der Waals surface area (Å²) in [4.78, 5) is 12.6. The van der Waals surface area contributed by atoms with Crippen molar-refractivity contribution in [2.75, 3.05) is 11.4 Å². The zero-order valence-corrected chi connectivity index (χ0v) is 10.3. The molecule has 5 heteroatoms. The number of carbonyl (C=O) groups is 1. The van der Waals surface area contributed by atoms with Crippen molar-refractivity contribution in [2.24, 2.45) is 0 Å². The minimum atomic E-state index is -0.915. The van der Waals surface area contributed by atoms with E-state index in [0.29, 0.717) is 23.0 Å². The van der Waals surface area contributed by atoms with Gasteiger partial charge in [-0.05, 0) is 24.3 Å². The maximum Gasteiger partial charge on any atom is 0.323 e. The summed E-state index contributed by atoms with van der Waals surface area (Å²) >= 11 is 6.08. The van der Waals surface area contributed by atoms with Gasteiger partial charge in [-0.25, -0.2) is 0 Å². The minimum Gasteiger partial charge on any atom is -0.480 e. The van der Waals surface area contributed by atoms with Gasteiger partial charge in [0.1, 0.15) is 12.3 Å². The highest BCUT2D eigenvalue weighted by molar-refractivity contribution is 6.33. The first-order valence-electron chi connectivity index (χ1n) is 5.40. The van der Waals surface area contributed by atoms with Crippen molar-refractivity contribution in [2.45, 2.75) is 6.54 Å². The smallest absolute Gasteiger partial charge is 0.323 e. The first-order chi connectivity index (χ1) is 8.66. The topological polar surface area (TPSA) is 53.7 Å². The van der Waals surface area contributed by atoms with Crippen molar-refractivity contribution in [3.63, 3.8) is 0 Å². The van der Waals surface area contributed by atoms with Crippen LogP contribution < -0.4 is 4.90 Å². The summed E-state index contributed by atoms with van der Waals surface area (Å²) in [5.41, 5.74) is 0.679. The number of halogens is 1. The highest BCUT2D eigenvalue weighted by Gasteiger charge is 2.15. The summed E-state index contributed by atoms with van der Waals surface area (Å²) in [6, 6.07) is 10.7. The zero-order valence-electron chi connectivity index (χ0n) is 9.54. The van der Waals surface area contributed by atoms with Crippen LogP contribution in [-0.2, 0) is 11.3 Å². The van der Waals surface area contributed by atoms with Crippen molar-refractivity contribution in [3.05, 3.63) is 53.4 Å². The van der Waals surface area contributed by atoms with Crippen molar-refractivity contribution < 1.29 is 14.3 Å². The molecule has 18 heavy (non-hydrogen) atoms. The molecule has 0 radical (unpaired) electrons. The van der Waals surface area contributed by atoms with Crippen LogP contribution in [0.5, 0.6) is 0 Å². The number of benzene rings is 1. The SMILES string of the molecule is O=C(O)CN(Cc1ccco1)c1ccccc1Cl. The number of nitrogens with zero attached hydrogens (tertiary/aromatic N) is 1. The van der Waals surface area contributed by atoms with Gasteiger partial charge in [0, 0.05) is 0 Å². The number of furan rings is 1. The lowest BCUT2D eigenvalue weighted by atomic mass is 10.2. The molecule has 1 heterocycles. The highest BCUT2D eigenvalue weighted by atomic mass is 35.5. The molecule has 0 saturated carbocycles. The molecule has 0 bridgehead atoms. The zero-order chi connectivity index (χ0) is 13.0. The molecule has 2 rings (SSSR count). The van der Waals surface area contributed by atoms with Crippen LogP contribution in [0.2, 0.25) is 5.02 Å². The number of rotatable bonds is 5. The standard InChI is InChI=1S/C13H12ClNO3/c14-11-5-1-2-6-12(11)15(9-13(16)17)8-10-4-3-7-18-10/h1-7H,8-9H2,(H,16,17). The van der Waals surface area contributed by atoms with Gasteiger partial charge >= 0.3 is 5.97 Å². The molecule has 0 amide bonds. The van der Waals surface area contributed by atoms with Crippen molar-refractivity contribution in [3.8, 4) is 0 Å². The monoisotopic (exact) mass is 265 g/mol. The van der Waals surface area contributed by atoms with Crippen LogP contribution in [0.4, 0.5) is 5.69 Å². The van der Waals surface area contributed by atoms with E-state index in [1.807, 2.05) is 6.07 Å². The van der Waals surface area contributed by atoms with Gasteiger partial charge in [0.25, 0.3) is 0 Å². The third-order valence-corrected chi connectivity index (χ3v) is 2.77. The summed E-state index contributed by atoms with van der Waals surface area (Å²) in [7, 11) is 0. The highest BCUT2D eigenvalue weighted by Crippen LogP contribution is 2.26. The van der Waals surface area contributed by atoms with Gasteiger partial charge in [-0.3, -0.25) is 4.79 Å². The summed E-state index contributed by atoms with van der Waals surface area (Å²) in [5.74, 6) is -0.224. The second-order valence-electron chi connectivity index (χ2n) is 3.78. The predicted octanol–water partition coefficient (Wildman–Crippen LogP) is 3.02. The fraction of sp³-hybridized carbons (Fsp3) is 0.154. The van der Waals surface area contributed by atoms with Gasteiger partial charge in [0.2, 0.25) is 0 Å². The Morgan fingerprint density at radius 1 is 1.28 bits per heavy atom. The number of carboxylic acid groups (broad SMARTS) is 1. The molecule has 0 aliphatic rings. The van der Waals surface area contributed by atoms with Crippen LogP contribution >= 0.6 is 11.6 Å². The molecule has 0 aliphatic carbocycles. The molecule has 94 valence electrons. The van der Waals surface area contributed by atoms with Gasteiger partial charge in [-0.1, -0.05) is 23.7 Å². The van der Waals surface area contributed by atoms with E-state index in [0.717, 1.165) is 0 Å². The van der Waals surface area contributed by atoms with Crippen LogP contribution in [0.1, 0.15) is 5.76 Å². The lowest BCUT2D eigenvalue weighted by molar-refractivity contribution is -0.135. The lowest BCUT2D eigenvalue weighted by Crippen LogP contribution is -2.29. The number of anilines is 1.